The summed E-state index contributed by atoms with van der Waals surface area (Å²) in [6, 6.07) is 2.67. The molecule has 1 amide bonds. The Morgan fingerprint density at radius 2 is 2.00 bits per heavy atom. The Hall–Kier alpha value is -1.92. The largest absolute Gasteiger partial charge is 0.447 e. The highest BCUT2D eigenvalue weighted by molar-refractivity contribution is 5.89. The molecule has 4 nitrogen and oxygen atoms in total. The summed E-state index contributed by atoms with van der Waals surface area (Å²) >= 11 is 0. The molecule has 0 unspecified atom stereocenters. The van der Waals surface area contributed by atoms with E-state index in [1.165, 1.54) is 0 Å². The van der Waals surface area contributed by atoms with Gasteiger partial charge < -0.3 is 10.5 Å². The van der Waals surface area contributed by atoms with Crippen LogP contribution in [0.3, 0.4) is 0 Å². The van der Waals surface area contributed by atoms with E-state index < -0.39 is 17.8 Å². The van der Waals surface area contributed by atoms with Gasteiger partial charge in [0.2, 0.25) is 0 Å². The van der Waals surface area contributed by atoms with Crippen LogP contribution in [0.2, 0.25) is 0 Å². The first-order chi connectivity index (χ1) is 8.20. The molecule has 0 aliphatic rings. The van der Waals surface area contributed by atoms with Crippen LogP contribution >= 0.6 is 0 Å². The molecule has 0 fully saturated rings. The van der Waals surface area contributed by atoms with Crippen molar-refractivity contribution in [2.24, 2.45) is 0 Å². The van der Waals surface area contributed by atoms with Crippen LogP contribution in [0.1, 0.15) is 19.4 Å². The van der Waals surface area contributed by atoms with Crippen molar-refractivity contribution in [2.45, 2.75) is 26.1 Å². The maximum atomic E-state index is 12.4. The lowest BCUT2D eigenvalue weighted by Crippen LogP contribution is -2.19. The predicted octanol–water partition coefficient (Wildman–Crippen LogP) is 3.24. The molecule has 0 bridgehead atoms. The Balaban J connectivity index is 2.84. The van der Waals surface area contributed by atoms with Crippen LogP contribution in [0.15, 0.2) is 18.2 Å². The number of nitrogens with two attached hydrogens (primary N) is 1. The molecule has 1 aromatic carbocycles. The summed E-state index contributed by atoms with van der Waals surface area (Å²) < 4.78 is 41.9. The molecule has 18 heavy (non-hydrogen) atoms. The van der Waals surface area contributed by atoms with Crippen molar-refractivity contribution in [3.63, 3.8) is 0 Å². The highest BCUT2D eigenvalue weighted by Gasteiger charge is 2.30. The lowest BCUT2D eigenvalue weighted by Gasteiger charge is -2.13. The summed E-state index contributed by atoms with van der Waals surface area (Å²) in [6.45, 7) is 3.30. The molecular formula is C11H13F3N2O2. The van der Waals surface area contributed by atoms with Crippen molar-refractivity contribution >= 4 is 17.5 Å². The van der Waals surface area contributed by atoms with Crippen molar-refractivity contribution in [1.29, 1.82) is 0 Å². The highest BCUT2D eigenvalue weighted by atomic mass is 19.4. The summed E-state index contributed by atoms with van der Waals surface area (Å²) in [5, 5.41) is 2.27. The first kappa shape index (κ1) is 14.1. The topological polar surface area (TPSA) is 64.3 Å². The van der Waals surface area contributed by atoms with Crippen LogP contribution in [0, 0.1) is 0 Å². The number of benzene rings is 1. The van der Waals surface area contributed by atoms with Crippen LogP contribution in [0.25, 0.3) is 0 Å². The number of amides is 1. The van der Waals surface area contributed by atoms with Gasteiger partial charge in [0, 0.05) is 0 Å². The van der Waals surface area contributed by atoms with E-state index in [9.17, 15) is 18.0 Å². The molecule has 0 spiro atoms. The van der Waals surface area contributed by atoms with Crippen LogP contribution < -0.4 is 11.1 Å². The molecule has 0 aromatic heterocycles. The van der Waals surface area contributed by atoms with Crippen molar-refractivity contribution < 1.29 is 22.7 Å². The number of ether oxygens (including phenoxy) is 1. The Bertz CT molecular complexity index is 444. The quantitative estimate of drug-likeness (QED) is 0.804. The smallest absolute Gasteiger partial charge is 0.416 e. The lowest BCUT2D eigenvalue weighted by molar-refractivity contribution is -0.137. The van der Waals surface area contributed by atoms with Crippen LogP contribution in [-0.4, -0.2) is 12.2 Å². The maximum Gasteiger partial charge on any atom is 0.416 e. The van der Waals surface area contributed by atoms with Crippen molar-refractivity contribution in [3.8, 4) is 0 Å². The fourth-order valence-electron chi connectivity index (χ4n) is 1.21. The summed E-state index contributed by atoms with van der Waals surface area (Å²) in [5.41, 5.74) is 4.46. The summed E-state index contributed by atoms with van der Waals surface area (Å²) in [7, 11) is 0. The number of carbonyl (C=O) groups excluding carboxylic acids is 1. The Morgan fingerprint density at radius 1 is 1.39 bits per heavy atom. The molecule has 7 heteroatoms. The van der Waals surface area contributed by atoms with Crippen molar-refractivity contribution in [2.75, 3.05) is 11.1 Å². The zero-order chi connectivity index (χ0) is 13.9. The Kier molecular flexibility index (Phi) is 4.05. The second-order valence-corrected chi connectivity index (χ2v) is 3.88. The number of carbonyl (C=O) groups is 1. The van der Waals surface area contributed by atoms with Gasteiger partial charge in [0.1, 0.15) is 0 Å². The van der Waals surface area contributed by atoms with Gasteiger partial charge in [0.05, 0.1) is 23.0 Å². The van der Waals surface area contributed by atoms with E-state index in [1.807, 2.05) is 0 Å². The molecule has 100 valence electrons. The van der Waals surface area contributed by atoms with E-state index in [1.54, 1.807) is 13.8 Å². The average Bonchev–Trinajstić information content (AvgIpc) is 2.18. The molecule has 1 rings (SSSR count). The standard InChI is InChI=1S/C11H13F3N2O2/c1-6(2)18-10(17)16-9-4-3-7(5-8(9)15)11(12,13)14/h3-6H,15H2,1-2H3,(H,16,17). The number of hydrogen-bond donors (Lipinski definition) is 2. The third kappa shape index (κ3) is 3.83. The Labute approximate surface area is 102 Å². The number of anilines is 2. The van der Waals surface area contributed by atoms with Crippen LogP contribution in [0.4, 0.5) is 29.3 Å². The second-order valence-electron chi connectivity index (χ2n) is 3.88. The fraction of sp³-hybridized carbons (Fsp3) is 0.364. The number of hydrogen-bond acceptors (Lipinski definition) is 3. The number of rotatable bonds is 2. The van der Waals surface area contributed by atoms with E-state index in [2.05, 4.69) is 5.32 Å². The minimum absolute atomic E-state index is 0.0775. The summed E-state index contributed by atoms with van der Waals surface area (Å²) in [6.07, 6.45) is -5.57. The molecule has 0 aliphatic carbocycles. The van der Waals surface area contributed by atoms with Crippen LogP contribution in [-0.2, 0) is 10.9 Å². The lowest BCUT2D eigenvalue weighted by atomic mass is 10.1. The van der Waals surface area contributed by atoms with Crippen molar-refractivity contribution in [3.05, 3.63) is 23.8 Å². The number of halogens is 3. The molecule has 0 radical (unpaired) electrons. The van der Waals surface area contributed by atoms with E-state index in [4.69, 9.17) is 10.5 Å². The zero-order valence-corrected chi connectivity index (χ0v) is 9.84. The molecule has 0 heterocycles. The van der Waals surface area contributed by atoms with Gasteiger partial charge in [-0.25, -0.2) is 4.79 Å². The number of nitrogens with one attached hydrogen (secondary N) is 1. The van der Waals surface area contributed by atoms with Gasteiger partial charge in [-0.15, -0.1) is 0 Å². The van der Waals surface area contributed by atoms with Gasteiger partial charge in [-0.3, -0.25) is 5.32 Å². The molecule has 0 saturated carbocycles. The molecular weight excluding hydrogens is 249 g/mol. The first-order valence-electron chi connectivity index (χ1n) is 5.14. The normalized spacial score (nSPS) is 11.4. The van der Waals surface area contributed by atoms with Gasteiger partial charge >= 0.3 is 12.3 Å². The highest BCUT2D eigenvalue weighted by Crippen LogP contribution is 2.32. The van der Waals surface area contributed by atoms with Gasteiger partial charge in [-0.1, -0.05) is 0 Å². The minimum Gasteiger partial charge on any atom is -0.447 e. The third-order valence-electron chi connectivity index (χ3n) is 1.96. The van der Waals surface area contributed by atoms with Gasteiger partial charge in [-0.2, -0.15) is 13.2 Å². The summed E-state index contributed by atoms with van der Waals surface area (Å²) in [5.74, 6) is 0. The van der Waals surface area contributed by atoms with E-state index in [-0.39, 0.29) is 17.5 Å². The average molecular weight is 262 g/mol. The van der Waals surface area contributed by atoms with Gasteiger partial charge in [-0.05, 0) is 32.0 Å². The first-order valence-corrected chi connectivity index (χ1v) is 5.14. The van der Waals surface area contributed by atoms with E-state index >= 15 is 0 Å². The minimum atomic E-state index is -4.47. The van der Waals surface area contributed by atoms with Crippen LogP contribution in [0.5, 0.6) is 0 Å². The molecule has 0 aliphatic heterocycles. The van der Waals surface area contributed by atoms with Crippen molar-refractivity contribution in [1.82, 2.24) is 0 Å². The zero-order valence-electron chi connectivity index (χ0n) is 9.84. The molecule has 3 N–H and O–H groups in total. The molecule has 0 atom stereocenters. The van der Waals surface area contributed by atoms with Gasteiger partial charge in [0.25, 0.3) is 0 Å². The van der Waals surface area contributed by atoms with E-state index in [0.29, 0.717) is 0 Å². The maximum absolute atomic E-state index is 12.4. The fourth-order valence-corrected chi connectivity index (χ4v) is 1.21. The molecule has 1 aromatic rings. The number of nitrogen functional groups attached to an aromatic ring is 1. The number of alkyl halides is 3. The predicted molar refractivity (Wildman–Crippen MR) is 61.1 cm³/mol. The van der Waals surface area contributed by atoms with E-state index in [0.717, 1.165) is 18.2 Å². The SMILES string of the molecule is CC(C)OC(=O)Nc1ccc(C(F)(F)F)cc1N. The van der Waals surface area contributed by atoms with Gasteiger partial charge in [0.15, 0.2) is 0 Å². The summed E-state index contributed by atoms with van der Waals surface area (Å²) in [4.78, 5) is 11.2. The molecule has 0 saturated heterocycles. The third-order valence-corrected chi connectivity index (χ3v) is 1.96. The Morgan fingerprint density at radius 3 is 2.44 bits per heavy atom. The monoisotopic (exact) mass is 262 g/mol. The second kappa shape index (κ2) is 5.16.